The first-order valence-corrected chi connectivity index (χ1v) is 3.98. The molecule has 1 N–H and O–H groups in total. The fraction of sp³-hybridized carbons (Fsp3) is 0.111. The number of nitrogens with one attached hydrogen (secondary N) is 1. The lowest BCUT2D eigenvalue weighted by Crippen LogP contribution is -2.17. The molecule has 0 spiro atoms. The van der Waals surface area contributed by atoms with Gasteiger partial charge in [0.2, 0.25) is 0 Å². The molecule has 1 rings (SSSR count). The van der Waals surface area contributed by atoms with Gasteiger partial charge in [0.25, 0.3) is 5.91 Å². The maximum absolute atomic E-state index is 11.2. The molecule has 1 amide bonds. The molecule has 1 aromatic carbocycles. The highest BCUT2D eigenvalue weighted by Gasteiger charge is 2.05. The molecule has 0 aromatic heterocycles. The topological polar surface area (TPSA) is 52.9 Å². The third-order valence-electron chi connectivity index (χ3n) is 1.52. The van der Waals surface area contributed by atoms with Crippen LogP contribution < -0.4 is 5.32 Å². The number of rotatable bonds is 1. The summed E-state index contributed by atoms with van der Waals surface area (Å²) in [6, 6.07) is 6.44. The molecule has 0 aliphatic heterocycles. The van der Waals surface area contributed by atoms with Crippen LogP contribution >= 0.6 is 11.6 Å². The van der Waals surface area contributed by atoms with E-state index in [1.807, 2.05) is 6.07 Å². The Labute approximate surface area is 80.9 Å². The van der Waals surface area contributed by atoms with E-state index >= 15 is 0 Å². The molecular weight excluding hydrogens is 188 g/mol. The summed E-state index contributed by atoms with van der Waals surface area (Å²) < 4.78 is 0. The number of carbonyl (C=O) groups excluding carboxylic acids is 1. The van der Waals surface area contributed by atoms with Crippen LogP contribution in [0.15, 0.2) is 18.2 Å². The molecule has 13 heavy (non-hydrogen) atoms. The molecule has 0 fully saturated rings. The Bertz CT molecular complexity index is 382. The summed E-state index contributed by atoms with van der Waals surface area (Å²) in [4.78, 5) is 11.2. The minimum absolute atomic E-state index is 0.251. The van der Waals surface area contributed by atoms with Crippen molar-refractivity contribution < 1.29 is 4.79 Å². The summed E-state index contributed by atoms with van der Waals surface area (Å²) in [7, 11) is 1.52. The number of carbonyl (C=O) groups is 1. The van der Waals surface area contributed by atoms with Crippen LogP contribution in [0.1, 0.15) is 15.9 Å². The van der Waals surface area contributed by atoms with Crippen molar-refractivity contribution in [2.24, 2.45) is 0 Å². The summed E-state index contributed by atoms with van der Waals surface area (Å²) in [5, 5.41) is 11.4. The minimum atomic E-state index is -0.251. The van der Waals surface area contributed by atoms with Gasteiger partial charge in [0.05, 0.1) is 11.6 Å². The van der Waals surface area contributed by atoms with Crippen molar-refractivity contribution in [3.8, 4) is 6.07 Å². The van der Waals surface area contributed by atoms with E-state index in [9.17, 15) is 4.79 Å². The minimum Gasteiger partial charge on any atom is -0.355 e. The number of benzene rings is 1. The summed E-state index contributed by atoms with van der Waals surface area (Å²) in [6.45, 7) is 0. The third-order valence-corrected chi connectivity index (χ3v) is 1.73. The molecule has 0 bridgehead atoms. The molecular formula is C9H7ClN2O. The quantitative estimate of drug-likeness (QED) is 0.738. The summed E-state index contributed by atoms with van der Waals surface area (Å²) in [5.41, 5.74) is 0.776. The number of hydrogen-bond acceptors (Lipinski definition) is 2. The van der Waals surface area contributed by atoms with Gasteiger partial charge in [-0.25, -0.2) is 0 Å². The summed E-state index contributed by atoms with van der Waals surface area (Å²) in [5.74, 6) is -0.251. The Hall–Kier alpha value is -1.53. The molecule has 0 aliphatic rings. The van der Waals surface area contributed by atoms with Gasteiger partial charge < -0.3 is 5.32 Å². The van der Waals surface area contributed by atoms with Gasteiger partial charge in [0.1, 0.15) is 0 Å². The van der Waals surface area contributed by atoms with Gasteiger partial charge in [-0.2, -0.15) is 5.26 Å². The highest BCUT2D eigenvalue weighted by atomic mass is 35.5. The van der Waals surface area contributed by atoms with E-state index in [4.69, 9.17) is 16.9 Å². The first-order chi connectivity index (χ1) is 6.17. The predicted molar refractivity (Wildman–Crippen MR) is 49.6 cm³/mol. The van der Waals surface area contributed by atoms with Gasteiger partial charge in [-0.15, -0.1) is 0 Å². The summed E-state index contributed by atoms with van der Waals surface area (Å²) in [6.07, 6.45) is 0. The number of halogens is 1. The molecule has 1 aromatic rings. The van der Waals surface area contributed by atoms with Crippen LogP contribution in [-0.4, -0.2) is 13.0 Å². The second-order valence-electron chi connectivity index (χ2n) is 2.42. The van der Waals surface area contributed by atoms with Gasteiger partial charge in [-0.3, -0.25) is 4.79 Å². The number of amides is 1. The van der Waals surface area contributed by atoms with Gasteiger partial charge >= 0.3 is 0 Å². The smallest absolute Gasteiger partial charge is 0.251 e. The van der Waals surface area contributed by atoms with E-state index in [1.165, 1.54) is 25.2 Å². The van der Waals surface area contributed by atoms with E-state index in [0.29, 0.717) is 16.1 Å². The predicted octanol–water partition coefficient (Wildman–Crippen LogP) is 1.57. The average molecular weight is 195 g/mol. The maximum atomic E-state index is 11.2. The molecule has 0 aliphatic carbocycles. The highest BCUT2D eigenvalue weighted by molar-refractivity contribution is 6.31. The van der Waals surface area contributed by atoms with Crippen molar-refractivity contribution in [2.75, 3.05) is 7.05 Å². The van der Waals surface area contributed by atoms with E-state index in [-0.39, 0.29) is 5.91 Å². The highest BCUT2D eigenvalue weighted by Crippen LogP contribution is 2.14. The van der Waals surface area contributed by atoms with Crippen LogP contribution in [0.3, 0.4) is 0 Å². The molecule has 0 atom stereocenters. The van der Waals surface area contributed by atoms with Gasteiger partial charge in [0.15, 0.2) is 0 Å². The molecule has 0 saturated carbocycles. The lowest BCUT2D eigenvalue weighted by molar-refractivity contribution is 0.0963. The molecule has 4 heteroatoms. The average Bonchev–Trinajstić information content (AvgIpc) is 2.15. The van der Waals surface area contributed by atoms with Gasteiger partial charge in [-0.05, 0) is 18.2 Å². The van der Waals surface area contributed by atoms with Gasteiger partial charge in [-0.1, -0.05) is 11.6 Å². The lowest BCUT2D eigenvalue weighted by Gasteiger charge is -2.00. The van der Waals surface area contributed by atoms with Gasteiger partial charge in [0, 0.05) is 17.6 Å². The zero-order chi connectivity index (χ0) is 9.84. The van der Waals surface area contributed by atoms with Crippen molar-refractivity contribution in [2.45, 2.75) is 0 Å². The Morgan fingerprint density at radius 2 is 2.23 bits per heavy atom. The largest absolute Gasteiger partial charge is 0.355 e. The fourth-order valence-electron chi connectivity index (χ4n) is 0.930. The SMILES string of the molecule is CNC(=O)c1cc(Cl)cc(C#N)c1. The van der Waals surface area contributed by atoms with Crippen LogP contribution in [-0.2, 0) is 0 Å². The molecule has 0 unspecified atom stereocenters. The van der Waals surface area contributed by atoms with Crippen molar-refractivity contribution >= 4 is 17.5 Å². The zero-order valence-corrected chi connectivity index (χ0v) is 7.72. The van der Waals surface area contributed by atoms with E-state index in [1.54, 1.807) is 0 Å². The Kier molecular flexibility index (Phi) is 2.88. The first-order valence-electron chi connectivity index (χ1n) is 3.60. The Morgan fingerprint density at radius 1 is 1.54 bits per heavy atom. The second-order valence-corrected chi connectivity index (χ2v) is 2.86. The fourth-order valence-corrected chi connectivity index (χ4v) is 1.16. The van der Waals surface area contributed by atoms with Crippen molar-refractivity contribution in [3.63, 3.8) is 0 Å². The summed E-state index contributed by atoms with van der Waals surface area (Å²) >= 11 is 5.70. The van der Waals surface area contributed by atoms with Crippen LogP contribution in [0.25, 0.3) is 0 Å². The Balaban J connectivity index is 3.17. The standard InChI is InChI=1S/C9H7ClN2O/c1-12-9(13)7-2-6(5-11)3-8(10)4-7/h2-4H,1H3,(H,12,13). The molecule has 0 saturated heterocycles. The van der Waals surface area contributed by atoms with Crippen LogP contribution in [0, 0.1) is 11.3 Å². The lowest BCUT2D eigenvalue weighted by atomic mass is 10.1. The number of nitriles is 1. The molecule has 0 radical (unpaired) electrons. The molecule has 0 heterocycles. The van der Waals surface area contributed by atoms with Crippen LogP contribution in [0.5, 0.6) is 0 Å². The third kappa shape index (κ3) is 2.20. The van der Waals surface area contributed by atoms with Crippen LogP contribution in [0.2, 0.25) is 5.02 Å². The Morgan fingerprint density at radius 3 is 2.77 bits per heavy atom. The zero-order valence-electron chi connectivity index (χ0n) is 6.97. The van der Waals surface area contributed by atoms with Crippen LogP contribution in [0.4, 0.5) is 0 Å². The normalized spacial score (nSPS) is 9.00. The first kappa shape index (κ1) is 9.56. The van der Waals surface area contributed by atoms with Crippen molar-refractivity contribution in [1.82, 2.24) is 5.32 Å². The van der Waals surface area contributed by atoms with Crippen molar-refractivity contribution in [1.29, 1.82) is 5.26 Å². The number of hydrogen-bond donors (Lipinski definition) is 1. The number of nitrogens with zero attached hydrogens (tertiary/aromatic N) is 1. The van der Waals surface area contributed by atoms with E-state index < -0.39 is 0 Å². The molecule has 66 valence electrons. The van der Waals surface area contributed by atoms with Crippen molar-refractivity contribution in [3.05, 3.63) is 34.3 Å². The van der Waals surface area contributed by atoms with E-state index in [0.717, 1.165) is 0 Å². The second kappa shape index (κ2) is 3.92. The molecule has 3 nitrogen and oxygen atoms in total. The van der Waals surface area contributed by atoms with E-state index in [2.05, 4.69) is 5.32 Å². The maximum Gasteiger partial charge on any atom is 0.251 e. The monoisotopic (exact) mass is 194 g/mol.